The molecule has 0 amide bonds. The van der Waals surface area contributed by atoms with Crippen molar-refractivity contribution in [2.45, 2.75) is 90.2 Å². The number of methoxy groups -OCH3 is 1. The van der Waals surface area contributed by atoms with Gasteiger partial charge in [-0.1, -0.05) is 18.6 Å². The molecule has 4 N–H and O–H groups in total. The van der Waals surface area contributed by atoms with Crippen molar-refractivity contribution >= 4 is 85.1 Å². The number of carbonyl (C=O) groups is 1. The number of hydrogen-bond donors (Lipinski definition) is 4. The summed E-state index contributed by atoms with van der Waals surface area (Å²) < 4.78 is 180. The van der Waals surface area contributed by atoms with Gasteiger partial charge in [-0.15, -0.1) is 0 Å². The highest BCUT2D eigenvalue weighted by Gasteiger charge is 2.47. The van der Waals surface area contributed by atoms with Crippen LogP contribution >= 0.6 is 0 Å². The van der Waals surface area contributed by atoms with E-state index in [0.29, 0.717) is 118 Å². The van der Waals surface area contributed by atoms with Crippen LogP contribution in [0.25, 0.3) is 21.5 Å². The third kappa shape index (κ3) is 14.5. The summed E-state index contributed by atoms with van der Waals surface area (Å²) in [5.41, 5.74) is 1.12. The molecule has 2 aliphatic rings. The molecule has 77 heavy (non-hydrogen) atoms. The lowest BCUT2D eigenvalue weighted by Crippen LogP contribution is -2.31. The van der Waals surface area contributed by atoms with Crippen LogP contribution in [0, 0.1) is 0 Å². The van der Waals surface area contributed by atoms with Crippen molar-refractivity contribution < 1.29 is 94.8 Å². The zero-order chi connectivity index (χ0) is 56.6. The SMILES string of the molecule is CC[N+]1=C(/C=C/C=C2/N(CCCCCC(=O)O)c3ccc4c(S(=O)(=O)[O-])cc(S(=O)(=O)O)cc4c3C2(C)CCOCCOCCOCCOCCOCCOC)C(C)(C)c2c1ccc1c(S(=O)(=O)O)cc(S(=O)(=O)O)cc21. The lowest BCUT2D eigenvalue weighted by Gasteiger charge is -2.31. The van der Waals surface area contributed by atoms with Gasteiger partial charge in [0.1, 0.15) is 21.6 Å². The number of anilines is 1. The van der Waals surface area contributed by atoms with E-state index < -0.39 is 76.9 Å². The maximum Gasteiger partial charge on any atom is 0.303 e. The number of nitrogens with zero attached hydrogens (tertiary/aromatic N) is 2. The van der Waals surface area contributed by atoms with E-state index in [9.17, 15) is 61.8 Å². The Kier molecular flexibility index (Phi) is 20.4. The summed E-state index contributed by atoms with van der Waals surface area (Å²) in [5.74, 6) is -0.961. The Hall–Kier alpha value is -4.78. The first-order valence-corrected chi connectivity index (χ1v) is 30.4. The lowest BCUT2D eigenvalue weighted by molar-refractivity contribution is -0.433. The van der Waals surface area contributed by atoms with Gasteiger partial charge >= 0.3 is 5.97 Å². The van der Waals surface area contributed by atoms with E-state index in [2.05, 4.69) is 0 Å². The Morgan fingerprint density at radius 3 is 1.66 bits per heavy atom. The molecule has 4 aromatic carbocycles. The first-order chi connectivity index (χ1) is 36.2. The van der Waals surface area contributed by atoms with E-state index >= 15 is 0 Å². The van der Waals surface area contributed by atoms with Crippen LogP contribution in [0.5, 0.6) is 0 Å². The molecule has 1 atom stereocenters. The number of allylic oxidation sites excluding steroid dienone is 4. The Balaban J connectivity index is 1.38. The van der Waals surface area contributed by atoms with Crippen LogP contribution in [0.15, 0.2) is 92.0 Å². The minimum atomic E-state index is -5.33. The van der Waals surface area contributed by atoms with Gasteiger partial charge in [-0.2, -0.15) is 29.8 Å². The van der Waals surface area contributed by atoms with E-state index in [4.69, 9.17) is 28.4 Å². The van der Waals surface area contributed by atoms with E-state index in [-0.39, 0.29) is 67.4 Å². The fraction of sp³-hybridized carbons (Fsp3) is 0.490. The predicted molar refractivity (Wildman–Crippen MR) is 282 cm³/mol. The summed E-state index contributed by atoms with van der Waals surface area (Å²) in [6.45, 7) is 11.6. The zero-order valence-corrected chi connectivity index (χ0v) is 46.7. The number of benzene rings is 4. The molecule has 2 heterocycles. The summed E-state index contributed by atoms with van der Waals surface area (Å²) in [6, 6.07) is 9.72. The van der Waals surface area contributed by atoms with Crippen LogP contribution in [0.2, 0.25) is 0 Å². The Bertz CT molecular complexity index is 3390. The second-order valence-electron chi connectivity index (χ2n) is 19.0. The molecule has 22 nitrogen and oxygen atoms in total. The molecule has 0 aliphatic carbocycles. The van der Waals surface area contributed by atoms with Crippen LogP contribution in [0.1, 0.15) is 70.9 Å². The van der Waals surface area contributed by atoms with Crippen molar-refractivity contribution in [2.75, 3.05) is 97.8 Å². The molecule has 0 saturated heterocycles. The molecule has 4 aromatic rings. The lowest BCUT2D eigenvalue weighted by atomic mass is 9.76. The smallest absolute Gasteiger partial charge is 0.303 e. The summed E-state index contributed by atoms with van der Waals surface area (Å²) in [7, 11) is -18.8. The van der Waals surface area contributed by atoms with Crippen molar-refractivity contribution in [1.82, 2.24) is 0 Å². The number of fused-ring (bicyclic) bond motifs is 6. The fourth-order valence-electron chi connectivity index (χ4n) is 10.0. The average Bonchev–Trinajstić information content (AvgIpc) is 3.80. The number of ether oxygens (including phenoxy) is 6. The van der Waals surface area contributed by atoms with Gasteiger partial charge in [-0.3, -0.25) is 18.5 Å². The molecule has 6 rings (SSSR count). The zero-order valence-electron chi connectivity index (χ0n) is 43.4. The third-order valence-electron chi connectivity index (χ3n) is 13.5. The predicted octanol–water partition coefficient (Wildman–Crippen LogP) is 6.02. The van der Waals surface area contributed by atoms with Crippen molar-refractivity contribution in [3.05, 3.63) is 83.6 Å². The molecule has 0 radical (unpaired) electrons. The summed E-state index contributed by atoms with van der Waals surface area (Å²) >= 11 is 0. The number of unbranched alkanes of at least 4 members (excludes halogenated alkanes) is 2. The number of hydrogen-bond acceptors (Lipinski definition) is 17. The van der Waals surface area contributed by atoms with Crippen molar-refractivity contribution in [2.24, 2.45) is 0 Å². The van der Waals surface area contributed by atoms with Gasteiger partial charge in [-0.05, 0) is 111 Å². The maximum absolute atomic E-state index is 12.8. The van der Waals surface area contributed by atoms with Gasteiger partial charge in [0.15, 0.2) is 5.71 Å². The standard InChI is InChI=1S/C51H66N2O20S4/c1-6-52-41-16-14-37-39(31-35(74(56,57)58)33-43(37)76(62,63)64)48(41)50(2,3)45(52)11-10-12-46-51(4,18-20-69-23-24-71-27-28-73-30-29-72-26-25-70-22-21-68-5)49-40-32-36(75(59,60)61)34-44(77(65,66)67)38(40)15-17-42(49)53(46)19-9-7-8-13-47(54)55/h10-12,14-17,31-34H,6-9,13,18-30H2,1-5H3,(H4-,54,55,56,57,58,59,60,61,62,63,64,65,66,67). The van der Waals surface area contributed by atoms with Gasteiger partial charge < -0.3 is 43.0 Å². The summed E-state index contributed by atoms with van der Waals surface area (Å²) in [6.07, 6.45) is 6.82. The number of aliphatic carboxylic acids is 1. The Morgan fingerprint density at radius 2 is 1.16 bits per heavy atom. The molecule has 0 saturated carbocycles. The average molecular weight is 1160 g/mol. The highest BCUT2D eigenvalue weighted by atomic mass is 32.2. The molecule has 424 valence electrons. The summed E-state index contributed by atoms with van der Waals surface area (Å²) in [5, 5.41) is 9.49. The van der Waals surface area contributed by atoms with Crippen molar-refractivity contribution in [1.29, 1.82) is 0 Å². The van der Waals surface area contributed by atoms with Crippen LogP contribution in [-0.4, -0.2) is 166 Å². The van der Waals surface area contributed by atoms with Gasteiger partial charge in [0.05, 0.1) is 86.2 Å². The van der Waals surface area contributed by atoms with Crippen LogP contribution in [0.3, 0.4) is 0 Å². The topological polar surface area (TPSA) is 319 Å². The maximum atomic E-state index is 12.8. The molecule has 2 aliphatic heterocycles. The highest BCUT2D eigenvalue weighted by molar-refractivity contribution is 7.87. The van der Waals surface area contributed by atoms with Crippen molar-refractivity contribution in [3.63, 3.8) is 0 Å². The van der Waals surface area contributed by atoms with E-state index in [1.807, 2.05) is 49.3 Å². The number of carboxylic acids is 1. The number of carboxylic acid groups (broad SMARTS) is 1. The van der Waals surface area contributed by atoms with Gasteiger partial charge in [0, 0.05) is 66.6 Å². The van der Waals surface area contributed by atoms with Crippen LogP contribution < -0.4 is 4.90 Å². The minimum absolute atomic E-state index is 0.0161. The number of rotatable bonds is 31. The first-order valence-electron chi connectivity index (χ1n) is 24.7. The van der Waals surface area contributed by atoms with E-state index in [1.54, 1.807) is 25.3 Å². The van der Waals surface area contributed by atoms with E-state index in [0.717, 1.165) is 12.1 Å². The van der Waals surface area contributed by atoms with Gasteiger partial charge in [-0.25, -0.2) is 8.42 Å². The second-order valence-corrected chi connectivity index (χ2v) is 24.6. The highest BCUT2D eigenvalue weighted by Crippen LogP contribution is 2.54. The molecule has 0 spiro atoms. The monoisotopic (exact) mass is 1150 g/mol. The van der Waals surface area contributed by atoms with Crippen LogP contribution in [0.4, 0.5) is 11.4 Å². The summed E-state index contributed by atoms with van der Waals surface area (Å²) in [4.78, 5) is 10.3. The second kappa shape index (κ2) is 25.6. The molecule has 0 bridgehead atoms. The molecular formula is C51H66N2O20S4. The normalized spacial score (nSPS) is 17.4. The Labute approximate surface area is 449 Å². The van der Waals surface area contributed by atoms with Gasteiger partial charge in [0.25, 0.3) is 30.4 Å². The Morgan fingerprint density at radius 1 is 0.649 bits per heavy atom. The third-order valence-corrected chi connectivity index (χ3v) is 17.0. The largest absolute Gasteiger partial charge is 0.744 e. The minimum Gasteiger partial charge on any atom is -0.744 e. The molecule has 0 fully saturated rings. The first kappa shape index (κ1) is 61.4. The van der Waals surface area contributed by atoms with Crippen LogP contribution in [-0.2, 0) is 84.5 Å². The molecule has 26 heteroatoms. The van der Waals surface area contributed by atoms with Gasteiger partial charge in [0.2, 0.25) is 5.69 Å². The van der Waals surface area contributed by atoms with E-state index in [1.165, 1.54) is 12.1 Å². The quantitative estimate of drug-likeness (QED) is 0.0254. The molecule has 1 unspecified atom stereocenters. The van der Waals surface area contributed by atoms with Crippen molar-refractivity contribution in [3.8, 4) is 0 Å². The fourth-order valence-corrected chi connectivity index (χ4v) is 12.7. The molecular weight excluding hydrogens is 1090 g/mol. The molecule has 0 aromatic heterocycles.